The monoisotopic (exact) mass is 472 g/mol. The summed E-state index contributed by atoms with van der Waals surface area (Å²) in [6.07, 6.45) is 1.63. The largest absolute Gasteiger partial charge is 0.497 e. The number of nitrogens with zero attached hydrogens (tertiary/aromatic N) is 4. The molecule has 0 fully saturated rings. The highest BCUT2D eigenvalue weighted by molar-refractivity contribution is 6.30. The molecule has 1 aliphatic rings. The topological polar surface area (TPSA) is 94.0 Å². The minimum absolute atomic E-state index is 0.286. The van der Waals surface area contributed by atoms with Crippen LogP contribution < -0.4 is 15.4 Å². The van der Waals surface area contributed by atoms with Gasteiger partial charge < -0.3 is 15.4 Å². The number of carbonyl (C=O) groups excluding carboxylic acids is 1. The van der Waals surface area contributed by atoms with Gasteiger partial charge in [-0.05, 0) is 61.0 Å². The van der Waals surface area contributed by atoms with E-state index in [1.165, 1.54) is 0 Å². The van der Waals surface area contributed by atoms with E-state index in [4.69, 9.17) is 21.4 Å². The first-order chi connectivity index (χ1) is 16.5. The van der Waals surface area contributed by atoms with E-state index in [2.05, 4.69) is 20.6 Å². The Bertz CT molecular complexity index is 1380. The third-order valence-corrected chi connectivity index (χ3v) is 5.77. The fraction of sp³-hybridized carbons (Fsp3) is 0.120. The number of methoxy groups -OCH3 is 1. The van der Waals surface area contributed by atoms with E-state index in [9.17, 15) is 4.79 Å². The van der Waals surface area contributed by atoms with Crippen molar-refractivity contribution in [3.8, 4) is 17.1 Å². The Morgan fingerprint density at radius 1 is 1.12 bits per heavy atom. The lowest BCUT2D eigenvalue weighted by molar-refractivity contribution is -0.113. The van der Waals surface area contributed by atoms with Crippen LogP contribution in [0.15, 0.2) is 84.2 Å². The molecule has 170 valence electrons. The third-order valence-electron chi connectivity index (χ3n) is 5.52. The zero-order valence-corrected chi connectivity index (χ0v) is 19.2. The third kappa shape index (κ3) is 4.11. The summed E-state index contributed by atoms with van der Waals surface area (Å²) in [6.45, 7) is 1.85. The predicted molar refractivity (Wildman–Crippen MR) is 131 cm³/mol. The van der Waals surface area contributed by atoms with Crippen molar-refractivity contribution in [1.82, 2.24) is 19.7 Å². The summed E-state index contributed by atoms with van der Waals surface area (Å²) in [5.41, 5.74) is 2.82. The number of amides is 1. The Morgan fingerprint density at radius 3 is 2.68 bits per heavy atom. The molecule has 0 spiro atoms. The smallest absolute Gasteiger partial charge is 0.257 e. The Kier molecular flexibility index (Phi) is 5.73. The fourth-order valence-corrected chi connectivity index (χ4v) is 4.03. The van der Waals surface area contributed by atoms with Crippen molar-refractivity contribution in [2.75, 3.05) is 17.7 Å². The number of hydrogen-bond acceptors (Lipinski definition) is 6. The van der Waals surface area contributed by atoms with Gasteiger partial charge >= 0.3 is 0 Å². The molecule has 8 nitrogen and oxygen atoms in total. The maximum absolute atomic E-state index is 13.5. The lowest BCUT2D eigenvalue weighted by atomic mass is 9.95. The summed E-state index contributed by atoms with van der Waals surface area (Å²) in [7, 11) is 1.61. The molecule has 0 saturated heterocycles. The van der Waals surface area contributed by atoms with Gasteiger partial charge in [0.15, 0.2) is 5.82 Å². The molecule has 0 bridgehead atoms. The molecule has 0 radical (unpaired) electrons. The number of benzene rings is 2. The zero-order chi connectivity index (χ0) is 23.7. The first kappa shape index (κ1) is 21.7. The number of anilines is 2. The second kappa shape index (κ2) is 8.99. The Labute approximate surface area is 201 Å². The van der Waals surface area contributed by atoms with E-state index < -0.39 is 6.04 Å². The SMILES string of the molecule is COc1cccc(C2C(C(=O)Nc3ccccn3)=C(C)Nc3nc(-c4ccc(Cl)cc4)nn32)c1. The van der Waals surface area contributed by atoms with E-state index >= 15 is 0 Å². The Hall–Kier alpha value is -4.17. The van der Waals surface area contributed by atoms with Crippen molar-refractivity contribution in [2.45, 2.75) is 13.0 Å². The van der Waals surface area contributed by atoms with Crippen LogP contribution in [0.4, 0.5) is 11.8 Å². The molecule has 5 rings (SSSR count). The van der Waals surface area contributed by atoms with Crippen LogP contribution in [0.5, 0.6) is 5.75 Å². The lowest BCUT2D eigenvalue weighted by Gasteiger charge is -2.28. The molecule has 1 amide bonds. The number of carbonyl (C=O) groups is 1. The molecule has 4 aromatic rings. The molecule has 1 aliphatic heterocycles. The van der Waals surface area contributed by atoms with Gasteiger partial charge in [-0.2, -0.15) is 4.98 Å². The number of fused-ring (bicyclic) bond motifs is 1. The van der Waals surface area contributed by atoms with Crippen LogP contribution in [-0.4, -0.2) is 32.8 Å². The highest BCUT2D eigenvalue weighted by atomic mass is 35.5. The zero-order valence-electron chi connectivity index (χ0n) is 18.5. The lowest BCUT2D eigenvalue weighted by Crippen LogP contribution is -2.31. The van der Waals surface area contributed by atoms with Gasteiger partial charge in [-0.25, -0.2) is 9.67 Å². The van der Waals surface area contributed by atoms with Crippen LogP contribution in [0.2, 0.25) is 5.02 Å². The van der Waals surface area contributed by atoms with Crippen LogP contribution in [0.3, 0.4) is 0 Å². The highest BCUT2D eigenvalue weighted by Gasteiger charge is 2.34. The quantitative estimate of drug-likeness (QED) is 0.427. The van der Waals surface area contributed by atoms with Crippen LogP contribution >= 0.6 is 11.6 Å². The number of aromatic nitrogens is 4. The first-order valence-electron chi connectivity index (χ1n) is 10.6. The number of halogens is 1. The Morgan fingerprint density at radius 2 is 1.94 bits per heavy atom. The molecule has 0 aliphatic carbocycles. The summed E-state index contributed by atoms with van der Waals surface area (Å²) >= 11 is 6.05. The standard InChI is InChI=1S/C25H21ClN6O2/c1-15-21(24(33)29-20-8-3-4-13-27-20)22(17-6-5-7-19(14-17)34-2)32-25(28-15)30-23(31-32)16-9-11-18(26)12-10-16/h3-14,22H,1-2H3,(H,27,29,33)(H,28,30,31). The van der Waals surface area contributed by atoms with Crippen LogP contribution in [-0.2, 0) is 4.79 Å². The van der Waals surface area contributed by atoms with E-state index in [0.717, 1.165) is 11.1 Å². The van der Waals surface area contributed by atoms with E-state index in [-0.39, 0.29) is 5.91 Å². The second-order valence-electron chi connectivity index (χ2n) is 7.72. The van der Waals surface area contributed by atoms with Gasteiger partial charge in [-0.1, -0.05) is 29.8 Å². The molecule has 34 heavy (non-hydrogen) atoms. The molecule has 2 aromatic heterocycles. The van der Waals surface area contributed by atoms with Gasteiger partial charge in [-0.15, -0.1) is 5.10 Å². The van der Waals surface area contributed by atoms with Crippen LogP contribution in [0.25, 0.3) is 11.4 Å². The highest BCUT2D eigenvalue weighted by Crippen LogP contribution is 2.37. The van der Waals surface area contributed by atoms with Crippen LogP contribution in [0, 0.1) is 0 Å². The number of allylic oxidation sites excluding steroid dienone is 1. The summed E-state index contributed by atoms with van der Waals surface area (Å²) in [4.78, 5) is 22.4. The minimum Gasteiger partial charge on any atom is -0.497 e. The average Bonchev–Trinajstić information content (AvgIpc) is 3.27. The molecular formula is C25H21ClN6O2. The number of pyridine rings is 1. The second-order valence-corrected chi connectivity index (χ2v) is 8.16. The van der Waals surface area contributed by atoms with Crippen molar-refractivity contribution < 1.29 is 9.53 Å². The van der Waals surface area contributed by atoms with Gasteiger partial charge in [0.25, 0.3) is 5.91 Å². The van der Waals surface area contributed by atoms with Gasteiger partial charge in [0, 0.05) is 22.5 Å². The first-order valence-corrected chi connectivity index (χ1v) is 11.0. The molecule has 9 heteroatoms. The molecule has 2 aromatic carbocycles. The number of rotatable bonds is 5. The Balaban J connectivity index is 1.61. The maximum atomic E-state index is 13.5. The molecule has 0 saturated carbocycles. The van der Waals surface area contributed by atoms with E-state index in [0.29, 0.717) is 39.6 Å². The van der Waals surface area contributed by atoms with Crippen molar-refractivity contribution in [1.29, 1.82) is 0 Å². The van der Waals surface area contributed by atoms with Crippen LogP contribution in [0.1, 0.15) is 18.5 Å². The summed E-state index contributed by atoms with van der Waals surface area (Å²) in [6, 6.07) is 19.7. The number of nitrogens with one attached hydrogen (secondary N) is 2. The number of hydrogen-bond donors (Lipinski definition) is 2. The summed E-state index contributed by atoms with van der Waals surface area (Å²) in [5.74, 6) is 1.91. The van der Waals surface area contributed by atoms with E-state index in [1.54, 1.807) is 42.3 Å². The average molecular weight is 473 g/mol. The van der Waals surface area contributed by atoms with Crippen molar-refractivity contribution >= 4 is 29.3 Å². The fourth-order valence-electron chi connectivity index (χ4n) is 3.91. The normalized spacial score (nSPS) is 14.9. The van der Waals surface area contributed by atoms with Crippen molar-refractivity contribution in [2.24, 2.45) is 0 Å². The predicted octanol–water partition coefficient (Wildman–Crippen LogP) is 4.93. The van der Waals surface area contributed by atoms with Gasteiger partial charge in [0.2, 0.25) is 5.95 Å². The maximum Gasteiger partial charge on any atom is 0.257 e. The van der Waals surface area contributed by atoms with Crippen molar-refractivity contribution in [3.63, 3.8) is 0 Å². The molecule has 3 heterocycles. The summed E-state index contributed by atoms with van der Waals surface area (Å²) < 4.78 is 7.16. The van der Waals surface area contributed by atoms with Crippen molar-refractivity contribution in [3.05, 3.63) is 94.8 Å². The van der Waals surface area contributed by atoms with Gasteiger partial charge in [-0.3, -0.25) is 4.79 Å². The van der Waals surface area contributed by atoms with Gasteiger partial charge in [0.05, 0.1) is 12.7 Å². The molecule has 1 unspecified atom stereocenters. The number of ether oxygens (including phenoxy) is 1. The molecule has 2 N–H and O–H groups in total. The molecule has 1 atom stereocenters. The van der Waals surface area contributed by atoms with Gasteiger partial charge in [0.1, 0.15) is 17.6 Å². The van der Waals surface area contributed by atoms with E-state index in [1.807, 2.05) is 49.4 Å². The molecular weight excluding hydrogens is 452 g/mol. The summed E-state index contributed by atoms with van der Waals surface area (Å²) in [5, 5.41) is 11.5. The minimum atomic E-state index is -0.538.